The summed E-state index contributed by atoms with van der Waals surface area (Å²) >= 11 is 0. The average molecular weight is 265 g/mol. The van der Waals surface area contributed by atoms with Gasteiger partial charge in [0.15, 0.2) is 0 Å². The van der Waals surface area contributed by atoms with Crippen molar-refractivity contribution in [1.82, 2.24) is 5.32 Å². The summed E-state index contributed by atoms with van der Waals surface area (Å²) < 4.78 is 5.36. The summed E-state index contributed by atoms with van der Waals surface area (Å²) in [6, 6.07) is -0.447. The Labute approximate surface area is 110 Å². The molecule has 0 radical (unpaired) electrons. The second-order valence-corrected chi connectivity index (χ2v) is 5.67. The zero-order valence-corrected chi connectivity index (χ0v) is 11.8. The number of carbonyl (C=O) groups excluding carboxylic acids is 1. The number of nitrogens with two attached hydrogens (primary N) is 1. The molecule has 0 aromatic carbocycles. The molecule has 1 heterocycles. The van der Waals surface area contributed by atoms with Crippen molar-refractivity contribution in [3.05, 3.63) is 0 Å². The van der Waals surface area contributed by atoms with Gasteiger partial charge in [-0.05, 0) is 24.2 Å². The normalized spacial score (nSPS) is 22.5. The van der Waals surface area contributed by atoms with E-state index in [1.165, 1.54) is 0 Å². The van der Waals surface area contributed by atoms with E-state index in [-0.39, 0.29) is 23.7 Å². The SMILES string of the molecule is CC(C)(C)[C@H](N)C(=O)NCC1CCCOC1.Cl. The minimum atomic E-state index is -0.447. The van der Waals surface area contributed by atoms with Crippen LogP contribution in [0.25, 0.3) is 0 Å². The van der Waals surface area contributed by atoms with Crippen LogP contribution in [0.1, 0.15) is 33.6 Å². The summed E-state index contributed by atoms with van der Waals surface area (Å²) in [6.45, 7) is 8.21. The van der Waals surface area contributed by atoms with Gasteiger partial charge in [-0.1, -0.05) is 20.8 Å². The summed E-state index contributed by atoms with van der Waals surface area (Å²) in [4.78, 5) is 11.8. The lowest BCUT2D eigenvalue weighted by atomic mass is 9.87. The number of nitrogens with one attached hydrogen (secondary N) is 1. The molecule has 17 heavy (non-hydrogen) atoms. The minimum absolute atomic E-state index is 0. The highest BCUT2D eigenvalue weighted by molar-refractivity contribution is 5.85. The molecule has 2 atom stereocenters. The van der Waals surface area contributed by atoms with E-state index >= 15 is 0 Å². The van der Waals surface area contributed by atoms with Crippen molar-refractivity contribution >= 4 is 18.3 Å². The molecule has 0 spiro atoms. The Morgan fingerprint density at radius 2 is 2.18 bits per heavy atom. The van der Waals surface area contributed by atoms with Crippen LogP contribution in [-0.4, -0.2) is 31.7 Å². The first-order valence-electron chi connectivity index (χ1n) is 6.02. The van der Waals surface area contributed by atoms with Gasteiger partial charge in [0, 0.05) is 13.2 Å². The standard InChI is InChI=1S/C12H24N2O2.ClH/c1-12(2,3)10(13)11(15)14-7-9-5-4-6-16-8-9;/h9-10H,4-8,13H2,1-3H3,(H,14,15);1H/t9?,10-;/m1./s1. The van der Waals surface area contributed by atoms with Crippen LogP contribution in [0.2, 0.25) is 0 Å². The van der Waals surface area contributed by atoms with Crippen LogP contribution in [0, 0.1) is 11.3 Å². The summed E-state index contributed by atoms with van der Waals surface area (Å²) in [5.74, 6) is 0.392. The predicted molar refractivity (Wildman–Crippen MR) is 71.2 cm³/mol. The number of amides is 1. The van der Waals surface area contributed by atoms with Crippen LogP contribution < -0.4 is 11.1 Å². The lowest BCUT2D eigenvalue weighted by molar-refractivity contribution is -0.124. The molecule has 0 saturated carbocycles. The van der Waals surface area contributed by atoms with E-state index in [9.17, 15) is 4.79 Å². The highest BCUT2D eigenvalue weighted by Gasteiger charge is 2.27. The molecule has 102 valence electrons. The molecule has 1 amide bonds. The van der Waals surface area contributed by atoms with Crippen LogP contribution in [0.4, 0.5) is 0 Å². The smallest absolute Gasteiger partial charge is 0.237 e. The third-order valence-corrected chi connectivity index (χ3v) is 3.04. The largest absolute Gasteiger partial charge is 0.381 e. The summed E-state index contributed by atoms with van der Waals surface area (Å²) in [7, 11) is 0. The molecular weight excluding hydrogens is 240 g/mol. The molecule has 1 unspecified atom stereocenters. The molecule has 1 fully saturated rings. The molecule has 1 saturated heterocycles. The Morgan fingerprint density at radius 3 is 2.65 bits per heavy atom. The Bertz CT molecular complexity index is 235. The lowest BCUT2D eigenvalue weighted by Crippen LogP contribution is -2.49. The highest BCUT2D eigenvalue weighted by atomic mass is 35.5. The maximum absolute atomic E-state index is 11.8. The fourth-order valence-electron chi connectivity index (χ4n) is 1.72. The molecule has 0 aromatic rings. The molecule has 5 heteroatoms. The van der Waals surface area contributed by atoms with Gasteiger partial charge in [0.25, 0.3) is 0 Å². The first-order chi connectivity index (χ1) is 7.41. The number of ether oxygens (including phenoxy) is 1. The molecule has 1 aliphatic heterocycles. The molecule has 4 nitrogen and oxygen atoms in total. The molecule has 1 aliphatic rings. The van der Waals surface area contributed by atoms with Crippen LogP contribution in [0.15, 0.2) is 0 Å². The monoisotopic (exact) mass is 264 g/mol. The van der Waals surface area contributed by atoms with Crippen LogP contribution in [0.5, 0.6) is 0 Å². The number of carbonyl (C=O) groups is 1. The predicted octanol–water partition coefficient (Wildman–Crippen LogP) is 1.32. The van der Waals surface area contributed by atoms with Gasteiger partial charge in [-0.2, -0.15) is 0 Å². The minimum Gasteiger partial charge on any atom is -0.381 e. The van der Waals surface area contributed by atoms with E-state index in [0.29, 0.717) is 12.5 Å². The van der Waals surface area contributed by atoms with Gasteiger partial charge in [0.05, 0.1) is 12.6 Å². The van der Waals surface area contributed by atoms with Crippen LogP contribution in [0.3, 0.4) is 0 Å². The van der Waals surface area contributed by atoms with Crippen molar-refractivity contribution in [1.29, 1.82) is 0 Å². The third-order valence-electron chi connectivity index (χ3n) is 3.04. The van der Waals surface area contributed by atoms with Gasteiger partial charge in [-0.25, -0.2) is 0 Å². The van der Waals surface area contributed by atoms with Gasteiger partial charge in [-0.3, -0.25) is 4.79 Å². The highest BCUT2D eigenvalue weighted by Crippen LogP contribution is 2.17. The van der Waals surface area contributed by atoms with Gasteiger partial charge in [0.2, 0.25) is 5.91 Å². The number of hydrogen-bond acceptors (Lipinski definition) is 3. The van der Waals surface area contributed by atoms with Gasteiger partial charge in [-0.15, -0.1) is 12.4 Å². The second kappa shape index (κ2) is 7.19. The van der Waals surface area contributed by atoms with E-state index < -0.39 is 6.04 Å². The summed E-state index contributed by atoms with van der Waals surface area (Å²) in [6.07, 6.45) is 2.22. The third kappa shape index (κ3) is 5.70. The molecule has 0 aliphatic carbocycles. The molecule has 0 bridgehead atoms. The zero-order chi connectivity index (χ0) is 12.2. The van der Waals surface area contributed by atoms with E-state index in [1.54, 1.807) is 0 Å². The van der Waals surface area contributed by atoms with Crippen molar-refractivity contribution in [2.24, 2.45) is 17.1 Å². The topological polar surface area (TPSA) is 64.4 Å². The second-order valence-electron chi connectivity index (χ2n) is 5.67. The fourth-order valence-corrected chi connectivity index (χ4v) is 1.72. The van der Waals surface area contributed by atoms with E-state index in [1.807, 2.05) is 20.8 Å². The number of rotatable bonds is 3. The van der Waals surface area contributed by atoms with Crippen molar-refractivity contribution in [3.8, 4) is 0 Å². The number of hydrogen-bond donors (Lipinski definition) is 2. The fraction of sp³-hybridized carbons (Fsp3) is 0.917. The Balaban J connectivity index is 0.00000256. The Kier molecular flexibility index (Phi) is 7.05. The molecule has 0 aromatic heterocycles. The molecule has 3 N–H and O–H groups in total. The Hall–Kier alpha value is -0.320. The first-order valence-corrected chi connectivity index (χ1v) is 6.02. The zero-order valence-electron chi connectivity index (χ0n) is 11.0. The van der Waals surface area contributed by atoms with Crippen molar-refractivity contribution in [2.75, 3.05) is 19.8 Å². The maximum Gasteiger partial charge on any atom is 0.237 e. The molecule has 1 rings (SSSR count). The van der Waals surface area contributed by atoms with Crippen molar-refractivity contribution in [3.63, 3.8) is 0 Å². The lowest BCUT2D eigenvalue weighted by Gasteiger charge is -2.27. The van der Waals surface area contributed by atoms with E-state index in [2.05, 4.69) is 5.32 Å². The average Bonchev–Trinajstić information content (AvgIpc) is 2.25. The van der Waals surface area contributed by atoms with Gasteiger partial charge >= 0.3 is 0 Å². The van der Waals surface area contributed by atoms with Gasteiger partial charge < -0.3 is 15.8 Å². The Morgan fingerprint density at radius 1 is 1.53 bits per heavy atom. The van der Waals surface area contributed by atoms with Crippen molar-refractivity contribution < 1.29 is 9.53 Å². The van der Waals surface area contributed by atoms with Crippen LogP contribution >= 0.6 is 12.4 Å². The van der Waals surface area contributed by atoms with Crippen molar-refractivity contribution in [2.45, 2.75) is 39.7 Å². The summed E-state index contributed by atoms with van der Waals surface area (Å²) in [5.41, 5.74) is 5.68. The number of halogens is 1. The first kappa shape index (κ1) is 16.7. The van der Waals surface area contributed by atoms with Gasteiger partial charge in [0.1, 0.15) is 0 Å². The molecular formula is C12H25ClN2O2. The van der Waals surface area contributed by atoms with Crippen LogP contribution in [-0.2, 0) is 9.53 Å². The van der Waals surface area contributed by atoms with E-state index in [4.69, 9.17) is 10.5 Å². The van der Waals surface area contributed by atoms with E-state index in [0.717, 1.165) is 26.1 Å². The summed E-state index contributed by atoms with van der Waals surface area (Å²) in [5, 5.41) is 2.91. The quantitative estimate of drug-likeness (QED) is 0.808. The maximum atomic E-state index is 11.8.